The van der Waals surface area contributed by atoms with Crippen molar-refractivity contribution in [3.8, 4) is 0 Å². The smallest absolute Gasteiger partial charge is 0.357 e. The van der Waals surface area contributed by atoms with Crippen LogP contribution in [0.25, 0.3) is 0 Å². The van der Waals surface area contributed by atoms with Crippen LogP contribution in [0.3, 0.4) is 0 Å². The summed E-state index contributed by atoms with van der Waals surface area (Å²) in [5.74, 6) is 0.194. The molecule has 0 aliphatic rings. The van der Waals surface area contributed by atoms with E-state index in [1.807, 2.05) is 6.92 Å². The molecule has 1 heterocycles. The van der Waals surface area contributed by atoms with Crippen molar-refractivity contribution in [2.45, 2.75) is 20.8 Å². The van der Waals surface area contributed by atoms with Crippen LogP contribution in [-0.2, 0) is 4.74 Å². The van der Waals surface area contributed by atoms with Crippen LogP contribution >= 0.6 is 0 Å². The molecule has 0 saturated carbocycles. The van der Waals surface area contributed by atoms with Crippen molar-refractivity contribution < 1.29 is 9.53 Å². The number of carbonyl (C=O) groups is 1. The summed E-state index contributed by atoms with van der Waals surface area (Å²) in [6, 6.07) is 1.62. The molecule has 0 unspecified atom stereocenters. The maximum atomic E-state index is 11.2. The van der Waals surface area contributed by atoms with Gasteiger partial charge in [0.2, 0.25) is 0 Å². The highest BCUT2D eigenvalue weighted by Crippen LogP contribution is 2.01. The summed E-state index contributed by atoms with van der Waals surface area (Å²) in [5.41, 5.74) is 1.10. The van der Waals surface area contributed by atoms with Crippen molar-refractivity contribution in [2.24, 2.45) is 0 Å². The van der Waals surface area contributed by atoms with Crippen molar-refractivity contribution in [3.05, 3.63) is 23.3 Å². The second-order valence-electron chi connectivity index (χ2n) is 2.66. The molecule has 70 valence electrons. The summed E-state index contributed by atoms with van der Waals surface area (Å²) in [6.07, 6.45) is 0. The van der Waals surface area contributed by atoms with E-state index >= 15 is 0 Å². The largest absolute Gasteiger partial charge is 0.461 e. The second-order valence-corrected chi connectivity index (χ2v) is 2.66. The Kier molecular flexibility index (Phi) is 2.95. The van der Waals surface area contributed by atoms with Crippen LogP contribution in [0.2, 0.25) is 0 Å². The Bertz CT molecular complexity index is 303. The molecular formula is C9H12N2O2. The zero-order chi connectivity index (χ0) is 9.84. The zero-order valence-corrected chi connectivity index (χ0v) is 8.00. The van der Waals surface area contributed by atoms with Crippen LogP contribution in [0.4, 0.5) is 0 Å². The molecule has 0 aromatic carbocycles. The summed E-state index contributed by atoms with van der Waals surface area (Å²) < 4.78 is 4.81. The fourth-order valence-corrected chi connectivity index (χ4v) is 1.03. The Morgan fingerprint density at radius 2 is 2.15 bits per heavy atom. The fourth-order valence-electron chi connectivity index (χ4n) is 1.03. The van der Waals surface area contributed by atoms with Crippen LogP contribution in [0, 0.1) is 13.8 Å². The molecular weight excluding hydrogens is 168 g/mol. The third-order valence-electron chi connectivity index (χ3n) is 1.45. The van der Waals surface area contributed by atoms with E-state index in [2.05, 4.69) is 9.97 Å². The molecule has 0 radical (unpaired) electrons. The summed E-state index contributed by atoms with van der Waals surface area (Å²) in [6.45, 7) is 5.69. The first-order chi connectivity index (χ1) is 6.13. The average molecular weight is 180 g/mol. The van der Waals surface area contributed by atoms with E-state index in [9.17, 15) is 4.79 Å². The van der Waals surface area contributed by atoms with Crippen LogP contribution < -0.4 is 0 Å². The average Bonchev–Trinajstić information content (AvgIpc) is 2.03. The number of aromatic nitrogens is 2. The second kappa shape index (κ2) is 3.98. The van der Waals surface area contributed by atoms with Gasteiger partial charge in [-0.3, -0.25) is 0 Å². The van der Waals surface area contributed by atoms with Gasteiger partial charge in [0.25, 0.3) is 0 Å². The van der Waals surface area contributed by atoms with Gasteiger partial charge in [0.1, 0.15) is 5.82 Å². The summed E-state index contributed by atoms with van der Waals surface area (Å²) >= 11 is 0. The summed E-state index contributed by atoms with van der Waals surface area (Å²) in [7, 11) is 0. The number of rotatable bonds is 2. The quantitative estimate of drug-likeness (QED) is 0.643. The Morgan fingerprint density at radius 1 is 1.46 bits per heavy atom. The number of hydrogen-bond acceptors (Lipinski definition) is 4. The summed E-state index contributed by atoms with van der Waals surface area (Å²) in [4.78, 5) is 19.3. The molecule has 0 atom stereocenters. The number of aryl methyl sites for hydroxylation is 2. The lowest BCUT2D eigenvalue weighted by Crippen LogP contribution is -2.09. The lowest BCUT2D eigenvalue weighted by atomic mass is 10.3. The number of nitrogens with zero attached hydrogens (tertiary/aromatic N) is 2. The van der Waals surface area contributed by atoms with Gasteiger partial charge in [0.15, 0.2) is 5.69 Å². The molecule has 0 saturated heterocycles. The lowest BCUT2D eigenvalue weighted by Gasteiger charge is -2.02. The summed E-state index contributed by atoms with van der Waals surface area (Å²) in [5, 5.41) is 0. The van der Waals surface area contributed by atoms with Gasteiger partial charge in [-0.25, -0.2) is 14.8 Å². The van der Waals surface area contributed by atoms with Gasteiger partial charge in [-0.05, 0) is 26.8 Å². The molecule has 4 heteroatoms. The molecule has 1 rings (SSSR count). The monoisotopic (exact) mass is 180 g/mol. The van der Waals surface area contributed by atoms with Crippen LogP contribution in [0.5, 0.6) is 0 Å². The Labute approximate surface area is 77.0 Å². The maximum Gasteiger partial charge on any atom is 0.357 e. The van der Waals surface area contributed by atoms with Gasteiger partial charge in [0.05, 0.1) is 6.61 Å². The SMILES string of the molecule is CCOC(=O)c1cc(C)nc(C)n1. The molecule has 0 aliphatic heterocycles. The highest BCUT2D eigenvalue weighted by Gasteiger charge is 2.09. The number of carbonyl (C=O) groups excluding carboxylic acids is 1. The lowest BCUT2D eigenvalue weighted by molar-refractivity contribution is 0.0518. The van der Waals surface area contributed by atoms with Crippen LogP contribution in [0.15, 0.2) is 6.07 Å². The predicted molar refractivity (Wildman–Crippen MR) is 47.5 cm³/mol. The molecule has 1 aromatic heterocycles. The van der Waals surface area contributed by atoms with Crippen molar-refractivity contribution in [1.82, 2.24) is 9.97 Å². The van der Waals surface area contributed by atoms with Gasteiger partial charge in [0, 0.05) is 5.69 Å². The minimum atomic E-state index is -0.392. The maximum absolute atomic E-state index is 11.2. The molecule has 0 amide bonds. The number of esters is 1. The first-order valence-electron chi connectivity index (χ1n) is 4.13. The highest BCUT2D eigenvalue weighted by molar-refractivity contribution is 5.87. The highest BCUT2D eigenvalue weighted by atomic mass is 16.5. The standard InChI is InChI=1S/C9H12N2O2/c1-4-13-9(12)8-5-6(2)10-7(3)11-8/h5H,4H2,1-3H3. The van der Waals surface area contributed by atoms with Crippen molar-refractivity contribution >= 4 is 5.97 Å². The van der Waals surface area contributed by atoms with Gasteiger partial charge in [-0.15, -0.1) is 0 Å². The minimum Gasteiger partial charge on any atom is -0.461 e. The normalized spacial score (nSPS) is 9.77. The van der Waals surface area contributed by atoms with E-state index in [0.717, 1.165) is 5.69 Å². The zero-order valence-electron chi connectivity index (χ0n) is 8.00. The van der Waals surface area contributed by atoms with Crippen LogP contribution in [0.1, 0.15) is 28.9 Å². The first-order valence-corrected chi connectivity index (χ1v) is 4.13. The molecule has 0 aliphatic carbocycles. The van der Waals surface area contributed by atoms with E-state index in [1.54, 1.807) is 19.9 Å². The third-order valence-corrected chi connectivity index (χ3v) is 1.45. The Morgan fingerprint density at radius 3 is 2.69 bits per heavy atom. The number of ether oxygens (including phenoxy) is 1. The fraction of sp³-hybridized carbons (Fsp3) is 0.444. The van der Waals surface area contributed by atoms with Gasteiger partial charge in [-0.1, -0.05) is 0 Å². The van der Waals surface area contributed by atoms with E-state index in [0.29, 0.717) is 18.1 Å². The van der Waals surface area contributed by atoms with E-state index in [1.165, 1.54) is 0 Å². The van der Waals surface area contributed by atoms with E-state index in [-0.39, 0.29) is 0 Å². The van der Waals surface area contributed by atoms with Crippen molar-refractivity contribution in [3.63, 3.8) is 0 Å². The van der Waals surface area contributed by atoms with Crippen LogP contribution in [-0.4, -0.2) is 22.5 Å². The molecule has 0 N–H and O–H groups in total. The molecule has 1 aromatic rings. The molecule has 0 fully saturated rings. The van der Waals surface area contributed by atoms with E-state index < -0.39 is 5.97 Å². The molecule has 13 heavy (non-hydrogen) atoms. The Hall–Kier alpha value is -1.45. The first kappa shape index (κ1) is 9.64. The van der Waals surface area contributed by atoms with Gasteiger partial charge < -0.3 is 4.74 Å². The predicted octanol–water partition coefficient (Wildman–Crippen LogP) is 1.27. The molecule has 0 bridgehead atoms. The topological polar surface area (TPSA) is 52.1 Å². The van der Waals surface area contributed by atoms with E-state index in [4.69, 9.17) is 4.74 Å². The molecule has 4 nitrogen and oxygen atoms in total. The number of hydrogen-bond donors (Lipinski definition) is 0. The third kappa shape index (κ3) is 2.50. The van der Waals surface area contributed by atoms with Gasteiger partial charge >= 0.3 is 5.97 Å². The minimum absolute atomic E-state index is 0.326. The molecule has 0 spiro atoms. The Balaban J connectivity index is 2.94. The van der Waals surface area contributed by atoms with Gasteiger partial charge in [-0.2, -0.15) is 0 Å². The van der Waals surface area contributed by atoms with Crippen molar-refractivity contribution in [1.29, 1.82) is 0 Å². The van der Waals surface area contributed by atoms with Crippen molar-refractivity contribution in [2.75, 3.05) is 6.61 Å².